The monoisotopic (exact) mass is 526 g/mol. The molecule has 0 spiro atoms. The van der Waals surface area contributed by atoms with Gasteiger partial charge in [0.1, 0.15) is 6.61 Å². The molecule has 2 aliphatic rings. The van der Waals surface area contributed by atoms with Gasteiger partial charge in [-0.2, -0.15) is 0 Å². The number of hydrogen-bond donors (Lipinski definition) is 2. The second-order valence-electron chi connectivity index (χ2n) is 9.88. The molecule has 2 N–H and O–H groups in total. The van der Waals surface area contributed by atoms with Crippen LogP contribution in [0.4, 0.5) is 9.59 Å². The first-order valence-electron chi connectivity index (χ1n) is 12.9. The number of ether oxygens (including phenoxy) is 1. The van der Waals surface area contributed by atoms with Crippen LogP contribution in [0, 0.1) is 6.92 Å². The Morgan fingerprint density at radius 2 is 1.51 bits per heavy atom. The van der Waals surface area contributed by atoms with E-state index in [-0.39, 0.29) is 12.1 Å². The fourth-order valence-corrected chi connectivity index (χ4v) is 4.89. The minimum Gasteiger partial charge on any atom is -0.450 e. The third-order valence-corrected chi connectivity index (χ3v) is 7.14. The van der Waals surface area contributed by atoms with Crippen molar-refractivity contribution in [2.75, 3.05) is 6.61 Å². The lowest BCUT2D eigenvalue weighted by molar-refractivity contribution is 0.136. The van der Waals surface area contributed by atoms with E-state index in [2.05, 4.69) is 65.8 Å². The average Bonchev–Trinajstić information content (AvgIpc) is 3.65. The molecular formula is C31H30N2O6. The van der Waals surface area contributed by atoms with Gasteiger partial charge < -0.3 is 19.5 Å². The van der Waals surface area contributed by atoms with Crippen LogP contribution < -0.4 is 0 Å². The Labute approximate surface area is 226 Å². The Morgan fingerprint density at radius 3 is 2.13 bits per heavy atom. The van der Waals surface area contributed by atoms with E-state index in [4.69, 9.17) is 24.3 Å². The molecule has 1 amide bonds. The average molecular weight is 527 g/mol. The maximum atomic E-state index is 12.6. The standard InChI is InChI=1S/C30H28N2O3.CH2O3/c1-20-28(18-32-27(19-34-30(32)33)17-21-5-3-2-4-6-21)29(35-31-20)26-15-13-25(14-16-26)24-11-9-23(10-12-24)22-7-8-22;2-1(3)4/h2-6,9-16,22,27H,7-8,17-19H2,1H3;(H2,2,3,4)/t27-;/m0./s1. The second-order valence-corrected chi connectivity index (χ2v) is 9.88. The number of benzene rings is 3. The van der Waals surface area contributed by atoms with Gasteiger partial charge in [-0.3, -0.25) is 4.90 Å². The molecule has 1 aliphatic heterocycles. The predicted molar refractivity (Wildman–Crippen MR) is 146 cm³/mol. The highest BCUT2D eigenvalue weighted by molar-refractivity contribution is 5.72. The van der Waals surface area contributed by atoms with Gasteiger partial charge in [-0.25, -0.2) is 9.59 Å². The van der Waals surface area contributed by atoms with Crippen molar-refractivity contribution in [3.05, 3.63) is 101 Å². The minimum atomic E-state index is -1.83. The first-order valence-corrected chi connectivity index (χ1v) is 12.9. The van der Waals surface area contributed by atoms with E-state index in [9.17, 15) is 4.79 Å². The van der Waals surface area contributed by atoms with Crippen molar-refractivity contribution >= 4 is 12.2 Å². The summed E-state index contributed by atoms with van der Waals surface area (Å²) >= 11 is 0. The van der Waals surface area contributed by atoms with E-state index < -0.39 is 6.16 Å². The zero-order chi connectivity index (χ0) is 27.4. The normalized spacial score (nSPS) is 16.4. The molecule has 0 radical (unpaired) electrons. The summed E-state index contributed by atoms with van der Waals surface area (Å²) in [6.07, 6.45) is 1.26. The number of nitrogens with zero attached hydrogens (tertiary/aromatic N) is 2. The highest BCUT2D eigenvalue weighted by Gasteiger charge is 2.34. The Kier molecular flexibility index (Phi) is 7.63. The van der Waals surface area contributed by atoms with Crippen molar-refractivity contribution in [2.45, 2.75) is 44.7 Å². The van der Waals surface area contributed by atoms with Crippen molar-refractivity contribution < 1.29 is 29.1 Å². The molecule has 1 aliphatic carbocycles. The van der Waals surface area contributed by atoms with Crippen LogP contribution in [0.5, 0.6) is 0 Å². The lowest BCUT2D eigenvalue weighted by Gasteiger charge is -2.21. The fraction of sp³-hybridized carbons (Fsp3) is 0.258. The third kappa shape index (κ3) is 6.29. The van der Waals surface area contributed by atoms with E-state index in [0.29, 0.717) is 18.9 Å². The van der Waals surface area contributed by atoms with Gasteiger partial charge in [0.25, 0.3) is 0 Å². The molecular weight excluding hydrogens is 496 g/mol. The summed E-state index contributed by atoms with van der Waals surface area (Å²) in [6.45, 7) is 2.72. The molecule has 1 atom stereocenters. The lowest BCUT2D eigenvalue weighted by Crippen LogP contribution is -2.34. The largest absolute Gasteiger partial charge is 0.503 e. The summed E-state index contributed by atoms with van der Waals surface area (Å²) in [5.41, 5.74) is 7.66. The number of rotatable bonds is 7. The van der Waals surface area contributed by atoms with Gasteiger partial charge in [0, 0.05) is 11.1 Å². The minimum absolute atomic E-state index is 0.0203. The number of amides is 1. The Morgan fingerprint density at radius 1 is 0.923 bits per heavy atom. The summed E-state index contributed by atoms with van der Waals surface area (Å²) in [5, 5.41) is 18.2. The van der Waals surface area contributed by atoms with Crippen LogP contribution in [-0.4, -0.2) is 45.2 Å². The van der Waals surface area contributed by atoms with E-state index in [1.165, 1.54) is 35.1 Å². The Bertz CT molecular complexity index is 1420. The fourth-order valence-electron chi connectivity index (χ4n) is 4.89. The molecule has 4 aromatic rings. The van der Waals surface area contributed by atoms with Crippen molar-refractivity contribution in [1.82, 2.24) is 10.1 Å². The molecule has 1 saturated heterocycles. The van der Waals surface area contributed by atoms with E-state index in [1.54, 1.807) is 4.90 Å². The highest BCUT2D eigenvalue weighted by Crippen LogP contribution is 2.40. The first kappa shape index (κ1) is 26.0. The summed E-state index contributed by atoms with van der Waals surface area (Å²) < 4.78 is 11.2. The highest BCUT2D eigenvalue weighted by atomic mass is 16.6. The van der Waals surface area contributed by atoms with E-state index >= 15 is 0 Å². The number of cyclic esters (lactones) is 1. The molecule has 200 valence electrons. The van der Waals surface area contributed by atoms with Gasteiger partial charge in [-0.05, 0) is 54.4 Å². The topological polar surface area (TPSA) is 113 Å². The molecule has 3 aromatic carbocycles. The Hall–Kier alpha value is -4.59. The molecule has 2 heterocycles. The number of hydrogen-bond acceptors (Lipinski definition) is 5. The van der Waals surface area contributed by atoms with Crippen molar-refractivity contribution in [1.29, 1.82) is 0 Å². The van der Waals surface area contributed by atoms with Crippen LogP contribution in [0.15, 0.2) is 83.4 Å². The van der Waals surface area contributed by atoms with Gasteiger partial charge in [-0.15, -0.1) is 0 Å². The number of aryl methyl sites for hydroxylation is 1. The third-order valence-electron chi connectivity index (χ3n) is 7.14. The van der Waals surface area contributed by atoms with Gasteiger partial charge in [-0.1, -0.05) is 84.0 Å². The van der Waals surface area contributed by atoms with Crippen LogP contribution in [0.2, 0.25) is 0 Å². The van der Waals surface area contributed by atoms with Gasteiger partial charge >= 0.3 is 12.2 Å². The number of carbonyl (C=O) groups is 2. The summed E-state index contributed by atoms with van der Waals surface area (Å²) in [6, 6.07) is 27.5. The molecule has 39 heavy (non-hydrogen) atoms. The number of carbonyl (C=O) groups excluding carboxylic acids is 1. The SMILES string of the molecule is Cc1noc(-c2ccc(-c3ccc(C4CC4)cc3)cc2)c1CN1C(=O)OC[C@@H]1Cc1ccccc1.O=C(O)O. The van der Waals surface area contributed by atoms with Crippen LogP contribution >= 0.6 is 0 Å². The second kappa shape index (κ2) is 11.4. The molecule has 2 fully saturated rings. The molecule has 1 aromatic heterocycles. The smallest absolute Gasteiger partial charge is 0.450 e. The Balaban J connectivity index is 0.000000723. The molecule has 0 bridgehead atoms. The number of aromatic nitrogens is 1. The first-order chi connectivity index (χ1) is 18.9. The maximum Gasteiger partial charge on any atom is 0.503 e. The zero-order valence-electron chi connectivity index (χ0n) is 21.6. The van der Waals surface area contributed by atoms with Crippen LogP contribution in [0.25, 0.3) is 22.5 Å². The van der Waals surface area contributed by atoms with Gasteiger partial charge in [0.2, 0.25) is 0 Å². The van der Waals surface area contributed by atoms with Crippen molar-refractivity contribution in [3.8, 4) is 22.5 Å². The predicted octanol–water partition coefficient (Wildman–Crippen LogP) is 6.98. The molecule has 1 saturated carbocycles. The zero-order valence-corrected chi connectivity index (χ0v) is 21.6. The van der Waals surface area contributed by atoms with Crippen molar-refractivity contribution in [2.24, 2.45) is 0 Å². The van der Waals surface area contributed by atoms with Crippen LogP contribution in [-0.2, 0) is 17.7 Å². The van der Waals surface area contributed by atoms with E-state index in [1.807, 2.05) is 25.1 Å². The molecule has 8 heteroatoms. The van der Waals surface area contributed by atoms with Gasteiger partial charge in [0.05, 0.1) is 18.3 Å². The summed E-state index contributed by atoms with van der Waals surface area (Å²) in [4.78, 5) is 22.9. The molecule has 0 unspecified atom stereocenters. The maximum absolute atomic E-state index is 12.6. The molecule has 8 nitrogen and oxygen atoms in total. The van der Waals surface area contributed by atoms with Crippen LogP contribution in [0.1, 0.15) is 41.1 Å². The summed E-state index contributed by atoms with van der Waals surface area (Å²) in [5.74, 6) is 1.47. The quantitative estimate of drug-likeness (QED) is 0.267. The summed E-state index contributed by atoms with van der Waals surface area (Å²) in [7, 11) is 0. The van der Waals surface area contributed by atoms with Crippen LogP contribution in [0.3, 0.4) is 0 Å². The lowest BCUT2D eigenvalue weighted by atomic mass is 9.99. The van der Waals surface area contributed by atoms with Crippen molar-refractivity contribution in [3.63, 3.8) is 0 Å². The van der Waals surface area contributed by atoms with Gasteiger partial charge in [0.15, 0.2) is 5.76 Å². The van der Waals surface area contributed by atoms with E-state index in [0.717, 1.165) is 29.2 Å². The number of carboxylic acid groups (broad SMARTS) is 2. The molecule has 6 rings (SSSR count).